The van der Waals surface area contributed by atoms with Gasteiger partial charge in [0.15, 0.2) is 5.82 Å². The second kappa shape index (κ2) is 6.65. The Balaban J connectivity index is 1.58. The van der Waals surface area contributed by atoms with Gasteiger partial charge < -0.3 is 14.0 Å². The molecule has 2 fully saturated rings. The summed E-state index contributed by atoms with van der Waals surface area (Å²) in [6, 6.07) is 0. The minimum absolute atomic E-state index is 0.334. The molecular formula is C14H23N3O3. The van der Waals surface area contributed by atoms with Gasteiger partial charge in [0.05, 0.1) is 18.8 Å². The van der Waals surface area contributed by atoms with E-state index in [2.05, 4.69) is 15.0 Å². The monoisotopic (exact) mass is 281 g/mol. The number of hydrogen-bond acceptors (Lipinski definition) is 6. The Kier molecular flexibility index (Phi) is 4.65. The minimum Gasteiger partial charge on any atom is -0.377 e. The number of nitrogens with zero attached hydrogens (tertiary/aromatic N) is 3. The Hall–Kier alpha value is -0.980. The van der Waals surface area contributed by atoms with Gasteiger partial charge in [-0.1, -0.05) is 5.16 Å². The van der Waals surface area contributed by atoms with Gasteiger partial charge in [0, 0.05) is 26.3 Å². The van der Waals surface area contributed by atoms with Gasteiger partial charge in [-0.2, -0.15) is 4.98 Å². The first-order valence-corrected chi connectivity index (χ1v) is 7.54. The van der Waals surface area contributed by atoms with Crippen molar-refractivity contribution in [3.05, 3.63) is 11.7 Å². The molecule has 112 valence electrons. The quantitative estimate of drug-likeness (QED) is 0.788. The van der Waals surface area contributed by atoms with Crippen LogP contribution >= 0.6 is 0 Å². The molecule has 0 aromatic carbocycles. The zero-order valence-corrected chi connectivity index (χ0v) is 12.1. The molecule has 2 saturated heterocycles. The highest BCUT2D eigenvalue weighted by atomic mass is 16.5. The van der Waals surface area contributed by atoms with Gasteiger partial charge in [0.25, 0.3) is 0 Å². The van der Waals surface area contributed by atoms with Gasteiger partial charge in [-0.3, -0.25) is 4.90 Å². The first-order valence-electron chi connectivity index (χ1n) is 7.54. The summed E-state index contributed by atoms with van der Waals surface area (Å²) in [7, 11) is 0. The molecule has 3 heterocycles. The van der Waals surface area contributed by atoms with E-state index in [1.807, 2.05) is 6.92 Å². The van der Waals surface area contributed by atoms with Crippen LogP contribution in [0.5, 0.6) is 0 Å². The fourth-order valence-corrected chi connectivity index (χ4v) is 2.95. The van der Waals surface area contributed by atoms with Gasteiger partial charge >= 0.3 is 0 Å². The predicted molar refractivity (Wildman–Crippen MR) is 72.3 cm³/mol. The molecule has 0 spiro atoms. The summed E-state index contributed by atoms with van der Waals surface area (Å²) in [5.41, 5.74) is 0. The van der Waals surface area contributed by atoms with Crippen molar-refractivity contribution in [3.8, 4) is 0 Å². The fourth-order valence-electron chi connectivity index (χ4n) is 2.95. The van der Waals surface area contributed by atoms with Crippen LogP contribution < -0.4 is 0 Å². The van der Waals surface area contributed by atoms with Crippen molar-refractivity contribution >= 4 is 0 Å². The van der Waals surface area contributed by atoms with E-state index in [0.29, 0.717) is 30.5 Å². The van der Waals surface area contributed by atoms with Crippen molar-refractivity contribution in [2.45, 2.75) is 51.4 Å². The Morgan fingerprint density at radius 3 is 2.20 bits per heavy atom. The summed E-state index contributed by atoms with van der Waals surface area (Å²) < 4.78 is 16.7. The van der Waals surface area contributed by atoms with E-state index >= 15 is 0 Å². The van der Waals surface area contributed by atoms with Crippen LogP contribution in [0.3, 0.4) is 0 Å². The van der Waals surface area contributed by atoms with Crippen LogP contribution in [0.2, 0.25) is 0 Å². The molecule has 3 rings (SSSR count). The van der Waals surface area contributed by atoms with Gasteiger partial charge in [-0.25, -0.2) is 0 Å². The molecule has 0 aliphatic carbocycles. The van der Waals surface area contributed by atoms with E-state index in [1.165, 1.54) is 0 Å². The number of rotatable bonds is 6. The average molecular weight is 281 g/mol. The van der Waals surface area contributed by atoms with E-state index < -0.39 is 0 Å². The number of aryl methyl sites for hydroxylation is 1. The lowest BCUT2D eigenvalue weighted by Gasteiger charge is -2.26. The molecule has 1 aromatic heterocycles. The lowest BCUT2D eigenvalue weighted by atomic mass is 10.2. The first kappa shape index (κ1) is 14.0. The van der Waals surface area contributed by atoms with E-state index in [9.17, 15) is 0 Å². The smallest absolute Gasteiger partial charge is 0.240 e. The Bertz CT molecular complexity index is 394. The fraction of sp³-hybridized carbons (Fsp3) is 0.857. The molecule has 2 aliphatic heterocycles. The number of hydrogen-bond donors (Lipinski definition) is 0. The van der Waals surface area contributed by atoms with Crippen molar-refractivity contribution in [3.63, 3.8) is 0 Å². The van der Waals surface area contributed by atoms with Crippen LogP contribution in [0.25, 0.3) is 0 Å². The maximum atomic E-state index is 5.74. The Morgan fingerprint density at radius 1 is 1.10 bits per heavy atom. The normalized spacial score (nSPS) is 26.7. The minimum atomic E-state index is 0.334. The second-order valence-electron chi connectivity index (χ2n) is 5.70. The molecule has 2 atom stereocenters. The summed E-state index contributed by atoms with van der Waals surface area (Å²) in [4.78, 5) is 6.63. The second-order valence-corrected chi connectivity index (χ2v) is 5.70. The van der Waals surface area contributed by atoms with Crippen molar-refractivity contribution in [1.29, 1.82) is 0 Å². The molecule has 0 bridgehead atoms. The van der Waals surface area contributed by atoms with Crippen LogP contribution in [-0.2, 0) is 16.0 Å². The molecule has 0 unspecified atom stereocenters. The van der Waals surface area contributed by atoms with Crippen LogP contribution in [0.15, 0.2) is 4.52 Å². The van der Waals surface area contributed by atoms with Crippen LogP contribution in [-0.4, -0.2) is 53.6 Å². The molecule has 20 heavy (non-hydrogen) atoms. The standard InChI is InChI=1S/C14H23N3O3/c1-11-15-14(20-16-11)10-17(8-12-4-2-6-18-12)9-13-5-3-7-19-13/h12-13H,2-10H2,1H3/t12-,13+. The number of ether oxygens (including phenoxy) is 2. The van der Waals surface area contributed by atoms with E-state index in [1.54, 1.807) is 0 Å². The lowest BCUT2D eigenvalue weighted by Crippen LogP contribution is -2.37. The van der Waals surface area contributed by atoms with Gasteiger partial charge in [0.1, 0.15) is 0 Å². The highest BCUT2D eigenvalue weighted by molar-refractivity contribution is 4.85. The average Bonchev–Trinajstić information content (AvgIpc) is 3.13. The van der Waals surface area contributed by atoms with E-state index in [4.69, 9.17) is 14.0 Å². The molecule has 0 N–H and O–H groups in total. The third kappa shape index (κ3) is 3.77. The SMILES string of the molecule is Cc1noc(CN(C[C@H]2CCCO2)C[C@@H]2CCCO2)n1. The van der Waals surface area contributed by atoms with Crippen molar-refractivity contribution in [2.24, 2.45) is 0 Å². The van der Waals surface area contributed by atoms with Crippen molar-refractivity contribution in [1.82, 2.24) is 15.0 Å². The molecule has 6 heteroatoms. The molecule has 6 nitrogen and oxygen atoms in total. The van der Waals surface area contributed by atoms with Crippen molar-refractivity contribution in [2.75, 3.05) is 26.3 Å². The van der Waals surface area contributed by atoms with Gasteiger partial charge in [0.2, 0.25) is 5.89 Å². The lowest BCUT2D eigenvalue weighted by molar-refractivity contribution is 0.0309. The molecule has 2 aliphatic rings. The van der Waals surface area contributed by atoms with Crippen LogP contribution in [0.1, 0.15) is 37.4 Å². The van der Waals surface area contributed by atoms with E-state index in [0.717, 1.165) is 52.0 Å². The molecule has 1 aromatic rings. The highest BCUT2D eigenvalue weighted by Gasteiger charge is 2.25. The summed E-state index contributed by atoms with van der Waals surface area (Å²) >= 11 is 0. The predicted octanol–water partition coefficient (Wildman–Crippen LogP) is 1.54. The molecule has 0 amide bonds. The Labute approximate surface area is 119 Å². The number of aromatic nitrogens is 2. The zero-order chi connectivity index (χ0) is 13.8. The topological polar surface area (TPSA) is 60.6 Å². The van der Waals surface area contributed by atoms with Gasteiger partial charge in [-0.15, -0.1) is 0 Å². The first-order chi connectivity index (χ1) is 9.79. The summed E-state index contributed by atoms with van der Waals surface area (Å²) in [5, 5.41) is 3.86. The van der Waals surface area contributed by atoms with Gasteiger partial charge in [-0.05, 0) is 32.6 Å². The molecular weight excluding hydrogens is 258 g/mol. The maximum absolute atomic E-state index is 5.74. The van der Waals surface area contributed by atoms with Crippen LogP contribution in [0.4, 0.5) is 0 Å². The third-order valence-corrected chi connectivity index (χ3v) is 3.90. The largest absolute Gasteiger partial charge is 0.377 e. The summed E-state index contributed by atoms with van der Waals surface area (Å²) in [6.07, 6.45) is 5.28. The van der Waals surface area contributed by atoms with Crippen LogP contribution in [0, 0.1) is 6.92 Å². The highest BCUT2D eigenvalue weighted by Crippen LogP contribution is 2.18. The molecule has 0 saturated carbocycles. The zero-order valence-electron chi connectivity index (χ0n) is 12.1. The Morgan fingerprint density at radius 2 is 1.75 bits per heavy atom. The maximum Gasteiger partial charge on any atom is 0.240 e. The van der Waals surface area contributed by atoms with E-state index in [-0.39, 0.29) is 0 Å². The molecule has 0 radical (unpaired) electrons. The van der Waals surface area contributed by atoms with Crippen molar-refractivity contribution < 1.29 is 14.0 Å². The summed E-state index contributed by atoms with van der Waals surface area (Å²) in [5.74, 6) is 1.37. The summed E-state index contributed by atoms with van der Waals surface area (Å²) in [6.45, 7) is 6.14. The third-order valence-electron chi connectivity index (χ3n) is 3.90.